The van der Waals surface area contributed by atoms with E-state index in [0.29, 0.717) is 12.8 Å². The van der Waals surface area contributed by atoms with Crippen molar-refractivity contribution in [2.24, 2.45) is 11.8 Å². The fraction of sp³-hybridized carbons (Fsp3) is 0.429. The number of carbonyl (C=O) groups is 3. The molecule has 0 unspecified atom stereocenters. The molecule has 11 nitrogen and oxygen atoms in total. The van der Waals surface area contributed by atoms with Crippen molar-refractivity contribution in [3.63, 3.8) is 0 Å². The molecule has 0 radical (unpaired) electrons. The topological polar surface area (TPSA) is 132 Å². The van der Waals surface area contributed by atoms with Crippen molar-refractivity contribution in [3.05, 3.63) is 83.7 Å². The normalized spacial score (nSPS) is 19.8. The molecular weight excluding hydrogens is 649 g/mol. The average Bonchev–Trinajstić information content (AvgIpc) is 3.10. The van der Waals surface area contributed by atoms with Gasteiger partial charge in [-0.2, -0.15) is 0 Å². The number of alkyl halides is 3. The van der Waals surface area contributed by atoms with Gasteiger partial charge in [0.2, 0.25) is 6.79 Å². The summed E-state index contributed by atoms with van der Waals surface area (Å²) in [5.74, 6) is -2.79. The summed E-state index contributed by atoms with van der Waals surface area (Å²) in [5.41, 5.74) is 1.68. The number of nitrogens with one attached hydrogen (secondary N) is 1. The Morgan fingerprint density at radius 2 is 1.76 bits per heavy atom. The second-order valence-electron chi connectivity index (χ2n) is 11.5. The van der Waals surface area contributed by atoms with Crippen LogP contribution in [-0.2, 0) is 36.6 Å². The summed E-state index contributed by atoms with van der Waals surface area (Å²) in [5, 5.41) is 2.61. The third-order valence-corrected chi connectivity index (χ3v) is 8.00. The first-order valence-corrected chi connectivity index (χ1v) is 15.7. The maximum Gasteiger partial charge on any atom is 0.573 e. The second-order valence-corrected chi connectivity index (χ2v) is 11.5. The van der Waals surface area contributed by atoms with Crippen LogP contribution in [-0.4, -0.2) is 68.5 Å². The number of carbonyl (C=O) groups excluding carboxylic acids is 3. The number of amides is 1. The van der Waals surface area contributed by atoms with E-state index in [1.807, 2.05) is 30.3 Å². The first kappa shape index (κ1) is 37.0. The Labute approximate surface area is 282 Å². The Morgan fingerprint density at radius 1 is 1.02 bits per heavy atom. The number of benzene rings is 2. The zero-order valence-corrected chi connectivity index (χ0v) is 27.4. The molecular formula is C35H39F3N2O9. The lowest BCUT2D eigenvalue weighted by Gasteiger charge is -2.31. The Hall–Kier alpha value is -4.85. The molecule has 4 atom stereocenters. The largest absolute Gasteiger partial charge is 0.573 e. The van der Waals surface area contributed by atoms with Crippen LogP contribution in [0.2, 0.25) is 0 Å². The van der Waals surface area contributed by atoms with Crippen molar-refractivity contribution in [3.8, 4) is 17.2 Å². The Bertz CT molecular complexity index is 1540. The first-order valence-electron chi connectivity index (χ1n) is 15.7. The van der Waals surface area contributed by atoms with E-state index in [0.717, 1.165) is 18.4 Å². The minimum atomic E-state index is -4.81. The molecule has 0 aliphatic carbocycles. The number of ether oxygens (including phenoxy) is 6. The Balaban J connectivity index is 1.51. The predicted molar refractivity (Wildman–Crippen MR) is 169 cm³/mol. The predicted octanol–water partition coefficient (Wildman–Crippen LogP) is 5.45. The number of rotatable bonds is 13. The molecule has 2 aromatic carbocycles. The highest BCUT2D eigenvalue weighted by molar-refractivity contribution is 5.98. The van der Waals surface area contributed by atoms with E-state index in [2.05, 4.69) is 15.0 Å². The summed E-state index contributed by atoms with van der Waals surface area (Å²) < 4.78 is 69.7. The van der Waals surface area contributed by atoms with Gasteiger partial charge in [0.15, 0.2) is 23.2 Å². The van der Waals surface area contributed by atoms with Gasteiger partial charge in [0.1, 0.15) is 11.9 Å². The Kier molecular flexibility index (Phi) is 13.2. The number of aromatic nitrogens is 1. The number of halogens is 3. The zero-order valence-electron chi connectivity index (χ0n) is 27.4. The molecule has 1 fully saturated rings. The van der Waals surface area contributed by atoms with Crippen LogP contribution in [0, 0.1) is 11.8 Å². The molecule has 1 aliphatic rings. The summed E-state index contributed by atoms with van der Waals surface area (Å²) >= 11 is 0. The summed E-state index contributed by atoms with van der Waals surface area (Å²) in [7, 11) is 1.36. The quantitative estimate of drug-likeness (QED) is 0.183. The van der Waals surface area contributed by atoms with Crippen LogP contribution in [0.5, 0.6) is 17.2 Å². The molecule has 1 saturated heterocycles. The summed E-state index contributed by atoms with van der Waals surface area (Å²) in [6.45, 7) is 2.48. The SMILES string of the molecule is COc1ccnc(C(=O)N[C@H]2COC[C@H](CCCc3ccccc3)[C@@H](Cc3ccc(OC(F)(F)F)cc3)[C@H](C)OC2=O)c1OCOC(C)=O. The molecule has 49 heavy (non-hydrogen) atoms. The van der Waals surface area contributed by atoms with Gasteiger partial charge in [0.05, 0.1) is 13.7 Å². The number of aryl methyl sites for hydroxylation is 1. The van der Waals surface area contributed by atoms with Crippen molar-refractivity contribution in [1.82, 2.24) is 10.3 Å². The van der Waals surface area contributed by atoms with E-state index >= 15 is 0 Å². The van der Waals surface area contributed by atoms with Crippen LogP contribution < -0.4 is 19.5 Å². The van der Waals surface area contributed by atoms with E-state index < -0.39 is 43.1 Å². The molecule has 264 valence electrons. The van der Waals surface area contributed by atoms with Crippen LogP contribution >= 0.6 is 0 Å². The minimum absolute atomic E-state index is 0.0975. The van der Waals surface area contributed by atoms with Crippen LogP contribution in [0.4, 0.5) is 13.2 Å². The van der Waals surface area contributed by atoms with Gasteiger partial charge in [-0.25, -0.2) is 9.78 Å². The number of hydrogen-bond acceptors (Lipinski definition) is 10. The van der Waals surface area contributed by atoms with Crippen molar-refractivity contribution >= 4 is 17.8 Å². The van der Waals surface area contributed by atoms with E-state index in [1.54, 1.807) is 19.1 Å². The van der Waals surface area contributed by atoms with Crippen molar-refractivity contribution < 1.29 is 56.0 Å². The van der Waals surface area contributed by atoms with Gasteiger partial charge < -0.3 is 33.7 Å². The van der Waals surface area contributed by atoms with Gasteiger partial charge in [-0.1, -0.05) is 42.5 Å². The standard InChI is InChI=1S/C35H39F3N2O9/c1-22-28(18-25-12-14-27(15-13-25)49-35(36,37)38)26(11-7-10-24-8-5-4-6-9-24)19-45-20-29(34(43)48-22)40-33(42)31-32(47-21-46-23(2)41)30(44-3)16-17-39-31/h4-6,8-9,12-17,22,26,28-29H,7,10-11,18-21H2,1-3H3,(H,40,42)/t22-,26-,28-,29-/m0/s1. The van der Waals surface area contributed by atoms with Gasteiger partial charge in [0.25, 0.3) is 5.91 Å². The van der Waals surface area contributed by atoms with E-state index in [9.17, 15) is 27.6 Å². The average molecular weight is 689 g/mol. The number of esters is 2. The van der Waals surface area contributed by atoms with Gasteiger partial charge in [0, 0.05) is 31.7 Å². The zero-order chi connectivity index (χ0) is 35.4. The molecule has 3 aromatic rings. The van der Waals surface area contributed by atoms with E-state index in [-0.39, 0.29) is 48.0 Å². The highest BCUT2D eigenvalue weighted by Crippen LogP contribution is 2.32. The van der Waals surface area contributed by atoms with Gasteiger partial charge >= 0.3 is 18.3 Å². The molecule has 4 rings (SSSR count). The third-order valence-electron chi connectivity index (χ3n) is 8.00. The smallest absolute Gasteiger partial charge is 0.493 e. The van der Waals surface area contributed by atoms with Crippen LogP contribution in [0.3, 0.4) is 0 Å². The van der Waals surface area contributed by atoms with Gasteiger partial charge in [-0.15, -0.1) is 13.2 Å². The molecule has 0 bridgehead atoms. The number of cyclic esters (lactones) is 1. The monoisotopic (exact) mass is 688 g/mol. The fourth-order valence-corrected chi connectivity index (χ4v) is 5.60. The van der Waals surface area contributed by atoms with Crippen LogP contribution in [0.25, 0.3) is 0 Å². The summed E-state index contributed by atoms with van der Waals surface area (Å²) in [6, 6.07) is 15.8. The molecule has 14 heteroatoms. The van der Waals surface area contributed by atoms with Gasteiger partial charge in [-0.3, -0.25) is 9.59 Å². The molecule has 1 amide bonds. The summed E-state index contributed by atoms with van der Waals surface area (Å²) in [6.07, 6.45) is -1.42. The molecule has 0 spiro atoms. The lowest BCUT2D eigenvalue weighted by Crippen LogP contribution is -2.46. The molecule has 1 N–H and O–H groups in total. The van der Waals surface area contributed by atoms with Gasteiger partial charge in [-0.05, 0) is 61.8 Å². The molecule has 1 aliphatic heterocycles. The molecule has 1 aromatic heterocycles. The lowest BCUT2D eigenvalue weighted by molar-refractivity contribution is -0.274. The minimum Gasteiger partial charge on any atom is -0.493 e. The van der Waals surface area contributed by atoms with E-state index in [1.165, 1.54) is 44.0 Å². The number of methoxy groups -OCH3 is 1. The molecule has 0 saturated carbocycles. The maximum atomic E-state index is 13.5. The second kappa shape index (κ2) is 17.5. The first-order chi connectivity index (χ1) is 23.4. The van der Waals surface area contributed by atoms with Crippen molar-refractivity contribution in [1.29, 1.82) is 0 Å². The number of pyridine rings is 1. The number of hydrogen-bond donors (Lipinski definition) is 1. The lowest BCUT2D eigenvalue weighted by atomic mass is 9.80. The Morgan fingerprint density at radius 3 is 2.43 bits per heavy atom. The highest BCUT2D eigenvalue weighted by atomic mass is 19.4. The number of nitrogens with zero attached hydrogens (tertiary/aromatic N) is 1. The summed E-state index contributed by atoms with van der Waals surface area (Å²) in [4.78, 5) is 42.2. The van der Waals surface area contributed by atoms with Crippen LogP contribution in [0.1, 0.15) is 48.3 Å². The third kappa shape index (κ3) is 11.4. The molecule has 2 heterocycles. The maximum absolute atomic E-state index is 13.5. The fourth-order valence-electron chi connectivity index (χ4n) is 5.60. The van der Waals surface area contributed by atoms with Crippen molar-refractivity contribution in [2.45, 2.75) is 58.0 Å². The van der Waals surface area contributed by atoms with Crippen LogP contribution in [0.15, 0.2) is 66.9 Å². The van der Waals surface area contributed by atoms with Crippen molar-refractivity contribution in [2.75, 3.05) is 27.1 Å². The van der Waals surface area contributed by atoms with E-state index in [4.69, 9.17) is 23.7 Å². The highest BCUT2D eigenvalue weighted by Gasteiger charge is 2.36.